The Morgan fingerprint density at radius 2 is 1.93 bits per heavy atom. The molecule has 3 rings (SSSR count). The molecule has 2 unspecified atom stereocenters. The lowest BCUT2D eigenvalue weighted by Gasteiger charge is -2.11. The SMILES string of the molecule is CC(OS(=O)O)c1ccc(C(=O)Nc2ccc(Cl)c(-c3ccccn3)c2)cc1. The van der Waals surface area contributed by atoms with Crippen LogP contribution in [0.4, 0.5) is 5.69 Å². The van der Waals surface area contributed by atoms with Crippen LogP contribution in [0.5, 0.6) is 0 Å². The molecule has 0 bridgehead atoms. The van der Waals surface area contributed by atoms with E-state index in [9.17, 15) is 9.00 Å². The third kappa shape index (κ3) is 5.02. The zero-order chi connectivity index (χ0) is 20.1. The molecule has 0 radical (unpaired) electrons. The summed E-state index contributed by atoms with van der Waals surface area (Å²) in [5.41, 5.74) is 3.14. The summed E-state index contributed by atoms with van der Waals surface area (Å²) in [4.78, 5) is 16.8. The van der Waals surface area contributed by atoms with E-state index >= 15 is 0 Å². The van der Waals surface area contributed by atoms with E-state index in [2.05, 4.69) is 10.3 Å². The number of pyridine rings is 1. The van der Waals surface area contributed by atoms with E-state index in [0.29, 0.717) is 27.5 Å². The van der Waals surface area contributed by atoms with Crippen molar-refractivity contribution in [3.8, 4) is 11.3 Å². The van der Waals surface area contributed by atoms with Gasteiger partial charge in [-0.2, -0.15) is 4.21 Å². The molecule has 28 heavy (non-hydrogen) atoms. The first-order valence-corrected chi connectivity index (χ1v) is 9.75. The Hall–Kier alpha value is -2.58. The van der Waals surface area contributed by atoms with Crippen LogP contribution in [-0.2, 0) is 15.5 Å². The van der Waals surface area contributed by atoms with Gasteiger partial charge in [-0.25, -0.2) is 0 Å². The fourth-order valence-corrected chi connectivity index (χ4v) is 3.18. The lowest BCUT2D eigenvalue weighted by molar-refractivity contribution is 0.102. The highest BCUT2D eigenvalue weighted by atomic mass is 35.5. The molecule has 1 aromatic heterocycles. The van der Waals surface area contributed by atoms with Crippen LogP contribution in [0.15, 0.2) is 66.9 Å². The smallest absolute Gasteiger partial charge is 0.302 e. The number of anilines is 1. The molecular formula is C20H17ClN2O4S. The van der Waals surface area contributed by atoms with E-state index in [4.69, 9.17) is 20.3 Å². The van der Waals surface area contributed by atoms with E-state index < -0.39 is 17.5 Å². The van der Waals surface area contributed by atoms with Crippen molar-refractivity contribution < 1.29 is 17.7 Å². The summed E-state index contributed by atoms with van der Waals surface area (Å²) >= 11 is 3.91. The molecule has 6 nitrogen and oxygen atoms in total. The summed E-state index contributed by atoms with van der Waals surface area (Å²) < 4.78 is 24.3. The third-order valence-electron chi connectivity index (χ3n) is 4.03. The second kappa shape index (κ2) is 9.07. The summed E-state index contributed by atoms with van der Waals surface area (Å²) in [5.74, 6) is -0.292. The predicted octanol–water partition coefficient (Wildman–Crippen LogP) is 4.87. The van der Waals surface area contributed by atoms with Gasteiger partial charge in [-0.15, -0.1) is 0 Å². The van der Waals surface area contributed by atoms with Gasteiger partial charge < -0.3 is 5.32 Å². The Morgan fingerprint density at radius 3 is 2.57 bits per heavy atom. The minimum Gasteiger partial charge on any atom is -0.322 e. The van der Waals surface area contributed by atoms with Crippen LogP contribution in [0.25, 0.3) is 11.3 Å². The van der Waals surface area contributed by atoms with Gasteiger partial charge in [0.1, 0.15) is 0 Å². The van der Waals surface area contributed by atoms with Crippen LogP contribution in [0.3, 0.4) is 0 Å². The number of hydrogen-bond acceptors (Lipinski definition) is 4. The van der Waals surface area contributed by atoms with Crippen LogP contribution < -0.4 is 5.32 Å². The van der Waals surface area contributed by atoms with E-state index in [1.165, 1.54) is 0 Å². The van der Waals surface area contributed by atoms with Gasteiger partial charge in [0.2, 0.25) is 0 Å². The lowest BCUT2D eigenvalue weighted by atomic mass is 10.1. The molecule has 0 aliphatic carbocycles. The van der Waals surface area contributed by atoms with Gasteiger partial charge in [0.05, 0.1) is 16.8 Å². The van der Waals surface area contributed by atoms with Crippen molar-refractivity contribution in [1.82, 2.24) is 4.98 Å². The first-order valence-electron chi connectivity index (χ1n) is 8.34. The zero-order valence-corrected chi connectivity index (χ0v) is 16.4. The molecule has 144 valence electrons. The van der Waals surface area contributed by atoms with Crippen LogP contribution in [0.2, 0.25) is 5.02 Å². The molecule has 0 spiro atoms. The van der Waals surface area contributed by atoms with Crippen molar-refractivity contribution in [2.45, 2.75) is 13.0 Å². The van der Waals surface area contributed by atoms with Crippen molar-refractivity contribution in [2.75, 3.05) is 5.32 Å². The normalized spacial score (nSPS) is 13.0. The molecule has 2 N–H and O–H groups in total. The van der Waals surface area contributed by atoms with Gasteiger partial charge in [0.25, 0.3) is 5.91 Å². The van der Waals surface area contributed by atoms with Crippen molar-refractivity contribution in [1.29, 1.82) is 0 Å². The average Bonchev–Trinajstić information content (AvgIpc) is 2.69. The minimum absolute atomic E-state index is 0.292. The molecule has 8 heteroatoms. The van der Waals surface area contributed by atoms with Crippen LogP contribution in [-0.4, -0.2) is 19.7 Å². The molecule has 0 aliphatic rings. The molecule has 2 atom stereocenters. The van der Waals surface area contributed by atoms with Gasteiger partial charge in [-0.3, -0.25) is 18.5 Å². The second-order valence-corrected chi connectivity index (χ2v) is 6.98. The largest absolute Gasteiger partial charge is 0.322 e. The van der Waals surface area contributed by atoms with Crippen molar-refractivity contribution >= 4 is 34.6 Å². The maximum atomic E-state index is 12.5. The van der Waals surface area contributed by atoms with Gasteiger partial charge in [-0.05, 0) is 55.0 Å². The summed E-state index contributed by atoms with van der Waals surface area (Å²) in [6.07, 6.45) is 1.11. The molecule has 0 aliphatic heterocycles. The number of aromatic nitrogens is 1. The molecular weight excluding hydrogens is 400 g/mol. The fraction of sp³-hybridized carbons (Fsp3) is 0.100. The first-order chi connectivity index (χ1) is 13.4. The Balaban J connectivity index is 1.75. The van der Waals surface area contributed by atoms with E-state index in [1.54, 1.807) is 55.6 Å². The molecule has 0 fully saturated rings. The van der Waals surface area contributed by atoms with Gasteiger partial charge in [0.15, 0.2) is 0 Å². The highest BCUT2D eigenvalue weighted by molar-refractivity contribution is 7.74. The van der Waals surface area contributed by atoms with Gasteiger partial charge in [0, 0.05) is 23.0 Å². The maximum Gasteiger partial charge on any atom is 0.302 e. The molecule has 0 saturated heterocycles. The highest BCUT2D eigenvalue weighted by Gasteiger charge is 2.12. The third-order valence-corrected chi connectivity index (χ3v) is 4.82. The number of nitrogens with one attached hydrogen (secondary N) is 1. The Morgan fingerprint density at radius 1 is 1.18 bits per heavy atom. The Bertz CT molecular complexity index is 997. The number of nitrogens with zero attached hydrogens (tertiary/aromatic N) is 1. The van der Waals surface area contributed by atoms with E-state index in [1.807, 2.05) is 18.2 Å². The minimum atomic E-state index is -2.35. The van der Waals surface area contributed by atoms with Crippen molar-refractivity contribution in [3.05, 3.63) is 83.0 Å². The van der Waals surface area contributed by atoms with Crippen LogP contribution in [0, 0.1) is 0 Å². The summed E-state index contributed by atoms with van der Waals surface area (Å²) in [6, 6.07) is 17.3. The van der Waals surface area contributed by atoms with Crippen LogP contribution >= 0.6 is 11.6 Å². The van der Waals surface area contributed by atoms with E-state index in [-0.39, 0.29) is 5.91 Å². The Kier molecular flexibility index (Phi) is 6.53. The van der Waals surface area contributed by atoms with Crippen LogP contribution in [0.1, 0.15) is 28.9 Å². The molecule has 0 saturated carbocycles. The number of halogens is 1. The first kappa shape index (κ1) is 20.2. The molecule has 1 amide bonds. The number of amides is 1. The van der Waals surface area contributed by atoms with Crippen molar-refractivity contribution in [2.24, 2.45) is 0 Å². The predicted molar refractivity (Wildman–Crippen MR) is 109 cm³/mol. The summed E-state index contributed by atoms with van der Waals surface area (Å²) in [7, 11) is 0. The molecule has 1 heterocycles. The lowest BCUT2D eigenvalue weighted by Crippen LogP contribution is -2.12. The summed E-state index contributed by atoms with van der Waals surface area (Å²) in [6.45, 7) is 1.65. The number of carbonyl (C=O) groups is 1. The zero-order valence-electron chi connectivity index (χ0n) is 14.8. The number of hydrogen-bond donors (Lipinski definition) is 2. The second-order valence-electron chi connectivity index (χ2n) is 5.94. The quantitative estimate of drug-likeness (QED) is 0.559. The van der Waals surface area contributed by atoms with Crippen molar-refractivity contribution in [3.63, 3.8) is 0 Å². The van der Waals surface area contributed by atoms with Gasteiger partial charge in [-0.1, -0.05) is 29.8 Å². The average molecular weight is 417 g/mol. The summed E-state index contributed by atoms with van der Waals surface area (Å²) in [5, 5.41) is 3.37. The molecule has 2 aromatic carbocycles. The topological polar surface area (TPSA) is 88.5 Å². The van der Waals surface area contributed by atoms with E-state index in [0.717, 1.165) is 5.56 Å². The highest BCUT2D eigenvalue weighted by Crippen LogP contribution is 2.29. The fourth-order valence-electron chi connectivity index (χ4n) is 2.61. The Labute approximate surface area is 170 Å². The van der Waals surface area contributed by atoms with Gasteiger partial charge >= 0.3 is 11.4 Å². The number of benzene rings is 2. The maximum absolute atomic E-state index is 12.5. The number of rotatable bonds is 6. The molecule has 3 aromatic rings. The standard InChI is InChI=1S/C20H17ClN2O4S/c1-13(27-28(25)26)14-5-7-15(8-6-14)20(24)23-16-9-10-18(21)17(12-16)19-4-2-3-11-22-19/h2-13H,1H3,(H,23,24)(H,25,26). The number of carbonyl (C=O) groups excluding carboxylic acids is 1. The monoisotopic (exact) mass is 416 g/mol.